The maximum Gasteiger partial charge on any atom is 0.222 e. The van der Waals surface area contributed by atoms with Crippen molar-refractivity contribution in [2.45, 2.75) is 46.5 Å². The average Bonchev–Trinajstić information content (AvgIpc) is 2.15. The molecule has 0 aliphatic carbocycles. The van der Waals surface area contributed by atoms with Crippen LogP contribution in [0.3, 0.4) is 0 Å². The Balaban J connectivity index is 4.12. The maximum atomic E-state index is 11.9. The van der Waals surface area contributed by atoms with Gasteiger partial charge in [0.25, 0.3) is 0 Å². The predicted octanol–water partition coefficient (Wildman–Crippen LogP) is 1.54. The number of hydrogen-bond donors (Lipinski definition) is 1. The van der Waals surface area contributed by atoms with Gasteiger partial charge in [-0.05, 0) is 18.8 Å². The molecule has 1 unspecified atom stereocenters. The molecule has 0 aromatic carbocycles. The van der Waals surface area contributed by atoms with E-state index < -0.39 is 0 Å². The smallest absolute Gasteiger partial charge is 0.222 e. The van der Waals surface area contributed by atoms with Crippen LogP contribution in [0.2, 0.25) is 0 Å². The summed E-state index contributed by atoms with van der Waals surface area (Å²) >= 11 is 0. The van der Waals surface area contributed by atoms with E-state index in [0.29, 0.717) is 6.42 Å². The van der Waals surface area contributed by atoms with Crippen LogP contribution in [0.4, 0.5) is 0 Å². The van der Waals surface area contributed by atoms with Gasteiger partial charge in [0.05, 0.1) is 0 Å². The van der Waals surface area contributed by atoms with E-state index in [2.05, 4.69) is 13.8 Å². The zero-order valence-corrected chi connectivity index (χ0v) is 10.7. The molecular formula is C12H24N2O2. The molecule has 0 rings (SSSR count). The summed E-state index contributed by atoms with van der Waals surface area (Å²) in [6, 6.07) is 0. The largest absolute Gasteiger partial charge is 0.370 e. The highest BCUT2D eigenvalue weighted by Crippen LogP contribution is 2.10. The van der Waals surface area contributed by atoms with Gasteiger partial charge in [0, 0.05) is 25.9 Å². The van der Waals surface area contributed by atoms with Crippen LogP contribution in [0.5, 0.6) is 0 Å². The number of rotatable bonds is 8. The van der Waals surface area contributed by atoms with Gasteiger partial charge < -0.3 is 10.6 Å². The standard InChI is InChI=1S/C12H24N2O2/c1-4-6-14(7-5-2)12(16)9-10(3)8-11(13)15/h10H,4-9H2,1-3H3,(H2,13,15). The molecule has 0 bridgehead atoms. The van der Waals surface area contributed by atoms with Crippen molar-refractivity contribution in [1.82, 2.24) is 4.90 Å². The number of primary amides is 1. The zero-order valence-electron chi connectivity index (χ0n) is 10.7. The Morgan fingerprint density at radius 2 is 1.62 bits per heavy atom. The van der Waals surface area contributed by atoms with Crippen molar-refractivity contribution in [3.8, 4) is 0 Å². The molecule has 0 aliphatic heterocycles. The van der Waals surface area contributed by atoms with E-state index in [1.807, 2.05) is 11.8 Å². The fourth-order valence-corrected chi connectivity index (χ4v) is 1.74. The van der Waals surface area contributed by atoms with Gasteiger partial charge in [-0.1, -0.05) is 20.8 Å². The summed E-state index contributed by atoms with van der Waals surface area (Å²) in [4.78, 5) is 24.5. The van der Waals surface area contributed by atoms with Gasteiger partial charge in [-0.2, -0.15) is 0 Å². The Bertz CT molecular complexity index is 223. The van der Waals surface area contributed by atoms with Gasteiger partial charge in [0.2, 0.25) is 11.8 Å². The molecule has 0 aromatic rings. The van der Waals surface area contributed by atoms with Crippen LogP contribution in [-0.2, 0) is 9.59 Å². The van der Waals surface area contributed by atoms with Gasteiger partial charge >= 0.3 is 0 Å². The molecule has 0 heterocycles. The van der Waals surface area contributed by atoms with Crippen molar-refractivity contribution in [2.24, 2.45) is 11.7 Å². The molecular weight excluding hydrogens is 204 g/mol. The van der Waals surface area contributed by atoms with Crippen molar-refractivity contribution in [2.75, 3.05) is 13.1 Å². The van der Waals surface area contributed by atoms with E-state index in [1.54, 1.807) is 0 Å². The second kappa shape index (κ2) is 8.13. The molecule has 4 heteroatoms. The number of nitrogens with two attached hydrogens (primary N) is 1. The Labute approximate surface area is 98.2 Å². The van der Waals surface area contributed by atoms with Crippen LogP contribution in [0.1, 0.15) is 46.5 Å². The first kappa shape index (κ1) is 14.9. The quantitative estimate of drug-likeness (QED) is 0.685. The van der Waals surface area contributed by atoms with Crippen LogP contribution in [0, 0.1) is 5.92 Å². The number of carbonyl (C=O) groups is 2. The summed E-state index contributed by atoms with van der Waals surface area (Å²) in [5.74, 6) is -0.156. The minimum Gasteiger partial charge on any atom is -0.370 e. The molecule has 2 N–H and O–H groups in total. The van der Waals surface area contributed by atoms with E-state index in [4.69, 9.17) is 5.73 Å². The van der Waals surface area contributed by atoms with Gasteiger partial charge in [-0.25, -0.2) is 0 Å². The Morgan fingerprint density at radius 3 is 2.00 bits per heavy atom. The number of hydrogen-bond acceptors (Lipinski definition) is 2. The van der Waals surface area contributed by atoms with E-state index in [0.717, 1.165) is 25.9 Å². The van der Waals surface area contributed by atoms with Crippen LogP contribution >= 0.6 is 0 Å². The summed E-state index contributed by atoms with van der Waals surface area (Å²) in [5.41, 5.74) is 5.10. The minimum atomic E-state index is -0.335. The number of nitrogens with zero attached hydrogens (tertiary/aromatic N) is 1. The molecule has 4 nitrogen and oxygen atoms in total. The number of carbonyl (C=O) groups excluding carboxylic acids is 2. The van der Waals surface area contributed by atoms with E-state index in [9.17, 15) is 9.59 Å². The highest BCUT2D eigenvalue weighted by atomic mass is 16.2. The monoisotopic (exact) mass is 228 g/mol. The third kappa shape index (κ3) is 6.43. The van der Waals surface area contributed by atoms with Crippen molar-refractivity contribution in [3.05, 3.63) is 0 Å². The summed E-state index contributed by atoms with van der Waals surface area (Å²) in [6.45, 7) is 7.61. The molecule has 0 radical (unpaired) electrons. The van der Waals surface area contributed by atoms with Gasteiger partial charge in [0.15, 0.2) is 0 Å². The highest BCUT2D eigenvalue weighted by molar-refractivity contribution is 5.78. The lowest BCUT2D eigenvalue weighted by molar-refractivity contribution is -0.132. The SMILES string of the molecule is CCCN(CCC)C(=O)CC(C)CC(N)=O. The van der Waals surface area contributed by atoms with Crippen LogP contribution in [-0.4, -0.2) is 29.8 Å². The minimum absolute atomic E-state index is 0.0428. The third-order valence-corrected chi connectivity index (χ3v) is 2.41. The van der Waals surface area contributed by atoms with Crippen molar-refractivity contribution in [3.63, 3.8) is 0 Å². The Morgan fingerprint density at radius 1 is 1.12 bits per heavy atom. The lowest BCUT2D eigenvalue weighted by atomic mass is 10.0. The molecule has 2 amide bonds. The second-order valence-electron chi connectivity index (χ2n) is 4.36. The molecule has 16 heavy (non-hydrogen) atoms. The summed E-state index contributed by atoms with van der Waals surface area (Å²) in [7, 11) is 0. The third-order valence-electron chi connectivity index (χ3n) is 2.41. The normalized spacial score (nSPS) is 12.2. The first-order valence-electron chi connectivity index (χ1n) is 6.07. The second-order valence-corrected chi connectivity index (χ2v) is 4.36. The predicted molar refractivity (Wildman–Crippen MR) is 64.8 cm³/mol. The highest BCUT2D eigenvalue weighted by Gasteiger charge is 2.16. The van der Waals surface area contributed by atoms with E-state index in [1.165, 1.54) is 0 Å². The van der Waals surface area contributed by atoms with Gasteiger partial charge in [-0.3, -0.25) is 9.59 Å². The van der Waals surface area contributed by atoms with Crippen molar-refractivity contribution in [1.29, 1.82) is 0 Å². The fraction of sp³-hybridized carbons (Fsp3) is 0.833. The zero-order chi connectivity index (χ0) is 12.6. The Kier molecular flexibility index (Phi) is 7.60. The Hall–Kier alpha value is -1.06. The molecule has 94 valence electrons. The molecule has 0 spiro atoms. The van der Waals surface area contributed by atoms with Gasteiger partial charge in [0.1, 0.15) is 0 Å². The lowest BCUT2D eigenvalue weighted by Crippen LogP contribution is -2.33. The van der Waals surface area contributed by atoms with Crippen LogP contribution in [0.15, 0.2) is 0 Å². The lowest BCUT2D eigenvalue weighted by Gasteiger charge is -2.22. The van der Waals surface area contributed by atoms with Crippen molar-refractivity contribution < 1.29 is 9.59 Å². The molecule has 0 saturated heterocycles. The van der Waals surface area contributed by atoms with Crippen LogP contribution < -0.4 is 5.73 Å². The average molecular weight is 228 g/mol. The molecule has 0 saturated carbocycles. The first-order valence-corrected chi connectivity index (χ1v) is 6.07. The van der Waals surface area contributed by atoms with E-state index in [-0.39, 0.29) is 24.2 Å². The summed E-state index contributed by atoms with van der Waals surface area (Å²) < 4.78 is 0. The molecule has 0 aliphatic rings. The molecule has 1 atom stereocenters. The number of amides is 2. The van der Waals surface area contributed by atoms with Gasteiger partial charge in [-0.15, -0.1) is 0 Å². The maximum absolute atomic E-state index is 11.9. The first-order chi connectivity index (χ1) is 7.51. The topological polar surface area (TPSA) is 63.4 Å². The molecule has 0 aromatic heterocycles. The molecule has 0 fully saturated rings. The van der Waals surface area contributed by atoms with Crippen LogP contribution in [0.25, 0.3) is 0 Å². The van der Waals surface area contributed by atoms with E-state index >= 15 is 0 Å². The summed E-state index contributed by atoms with van der Waals surface area (Å²) in [6.07, 6.45) is 2.65. The fourth-order valence-electron chi connectivity index (χ4n) is 1.74. The summed E-state index contributed by atoms with van der Waals surface area (Å²) in [5, 5.41) is 0. The van der Waals surface area contributed by atoms with Crippen molar-refractivity contribution >= 4 is 11.8 Å².